The molecule has 0 saturated heterocycles. The zero-order valence-electron chi connectivity index (χ0n) is 20.0. The van der Waals surface area contributed by atoms with Crippen molar-refractivity contribution in [3.63, 3.8) is 0 Å². The zero-order valence-corrected chi connectivity index (χ0v) is 20.8. The molecule has 0 bridgehead atoms. The fourth-order valence-electron chi connectivity index (χ4n) is 3.83. The minimum Gasteiger partial charge on any atom is -0.494 e. The number of ether oxygens (including phenoxy) is 1. The Balaban J connectivity index is 1.71. The fourth-order valence-corrected chi connectivity index (χ4v) is 5.25. The molecule has 0 heterocycles. The van der Waals surface area contributed by atoms with Crippen LogP contribution in [0.2, 0.25) is 0 Å². The minimum absolute atomic E-state index is 0.148. The topological polar surface area (TPSA) is 75.7 Å². The molecule has 180 valence electrons. The Morgan fingerprint density at radius 3 is 2.26 bits per heavy atom. The van der Waals surface area contributed by atoms with Gasteiger partial charge >= 0.3 is 0 Å². The van der Waals surface area contributed by atoms with Gasteiger partial charge in [-0.05, 0) is 80.6 Å². The predicted molar refractivity (Wildman–Crippen MR) is 136 cm³/mol. The highest BCUT2D eigenvalue weighted by Crippen LogP contribution is 2.26. The summed E-state index contributed by atoms with van der Waals surface area (Å²) in [5, 5.41) is 2.87. The molecule has 34 heavy (non-hydrogen) atoms. The van der Waals surface area contributed by atoms with Crippen molar-refractivity contribution in [2.45, 2.75) is 38.5 Å². The number of nitrogens with zero attached hydrogens (tertiary/aromatic N) is 1. The van der Waals surface area contributed by atoms with Gasteiger partial charge in [0.1, 0.15) is 12.3 Å². The van der Waals surface area contributed by atoms with Crippen molar-refractivity contribution in [3.05, 3.63) is 89.5 Å². The first-order valence-electron chi connectivity index (χ1n) is 11.4. The molecular weight excluding hydrogens is 448 g/mol. The molecule has 1 N–H and O–H groups in total. The van der Waals surface area contributed by atoms with Crippen LogP contribution in [0, 0.1) is 13.8 Å². The number of aryl methyl sites for hydroxylation is 3. The Bertz CT molecular complexity index is 1190. The van der Waals surface area contributed by atoms with Gasteiger partial charge in [-0.15, -0.1) is 0 Å². The lowest BCUT2D eigenvalue weighted by atomic mass is 10.1. The van der Waals surface area contributed by atoms with Crippen LogP contribution in [0.4, 0.5) is 5.69 Å². The van der Waals surface area contributed by atoms with E-state index in [0.717, 1.165) is 28.9 Å². The maximum Gasteiger partial charge on any atom is 0.264 e. The lowest BCUT2D eigenvalue weighted by Gasteiger charge is -2.25. The molecule has 3 aromatic carbocycles. The Morgan fingerprint density at radius 2 is 1.59 bits per heavy atom. The van der Waals surface area contributed by atoms with Gasteiger partial charge in [-0.2, -0.15) is 0 Å². The van der Waals surface area contributed by atoms with Gasteiger partial charge in [0, 0.05) is 6.54 Å². The molecule has 0 aliphatic carbocycles. The van der Waals surface area contributed by atoms with Crippen LogP contribution in [0.3, 0.4) is 0 Å². The van der Waals surface area contributed by atoms with Crippen molar-refractivity contribution in [3.8, 4) is 5.75 Å². The zero-order chi connectivity index (χ0) is 24.6. The summed E-state index contributed by atoms with van der Waals surface area (Å²) in [6, 6.07) is 21.6. The van der Waals surface area contributed by atoms with Gasteiger partial charge in [0.25, 0.3) is 10.0 Å². The van der Waals surface area contributed by atoms with Crippen LogP contribution in [0.1, 0.15) is 30.0 Å². The van der Waals surface area contributed by atoms with Crippen LogP contribution in [-0.4, -0.2) is 34.0 Å². The van der Waals surface area contributed by atoms with Crippen LogP contribution in [-0.2, 0) is 21.2 Å². The average molecular weight is 481 g/mol. The Labute approximate surface area is 202 Å². The fraction of sp³-hybridized carbons (Fsp3) is 0.296. The number of sulfonamides is 1. The molecule has 3 aromatic rings. The highest BCUT2D eigenvalue weighted by molar-refractivity contribution is 7.92. The number of anilines is 1. The van der Waals surface area contributed by atoms with E-state index in [1.54, 1.807) is 42.5 Å². The summed E-state index contributed by atoms with van der Waals surface area (Å²) in [5.74, 6) is 0.503. The van der Waals surface area contributed by atoms with Gasteiger partial charge in [-0.3, -0.25) is 9.10 Å². The summed E-state index contributed by atoms with van der Waals surface area (Å²) in [6.45, 7) is 6.49. The second-order valence-electron chi connectivity index (χ2n) is 8.16. The number of benzene rings is 3. The Hall–Kier alpha value is -3.32. The van der Waals surface area contributed by atoms with E-state index in [0.29, 0.717) is 25.3 Å². The molecule has 0 radical (unpaired) electrons. The third-order valence-electron chi connectivity index (χ3n) is 5.33. The largest absolute Gasteiger partial charge is 0.494 e. The van der Waals surface area contributed by atoms with Gasteiger partial charge in [0.05, 0.1) is 17.2 Å². The van der Waals surface area contributed by atoms with Crippen LogP contribution >= 0.6 is 0 Å². The van der Waals surface area contributed by atoms with Gasteiger partial charge in [0.2, 0.25) is 5.91 Å². The van der Waals surface area contributed by atoms with Crippen molar-refractivity contribution >= 4 is 21.6 Å². The van der Waals surface area contributed by atoms with Crippen molar-refractivity contribution in [2.75, 3.05) is 24.0 Å². The number of carbonyl (C=O) groups is 1. The normalized spacial score (nSPS) is 11.1. The molecule has 0 spiro atoms. The van der Waals surface area contributed by atoms with Crippen LogP contribution < -0.4 is 14.4 Å². The standard InChI is InChI=1S/C27H32N2O4S/c1-4-33-26-15-9-8-11-23(26)12-10-16-28-27(30)20-29(24-18-21(2)17-22(3)19-24)34(31,32)25-13-6-5-7-14-25/h5-9,11,13-15,17-19H,4,10,12,16,20H2,1-3H3,(H,28,30). The van der Waals surface area contributed by atoms with Crippen LogP contribution in [0.15, 0.2) is 77.7 Å². The molecule has 0 atom stereocenters. The van der Waals surface area contributed by atoms with Crippen LogP contribution in [0.25, 0.3) is 0 Å². The molecule has 0 aromatic heterocycles. The minimum atomic E-state index is -3.91. The molecule has 6 nitrogen and oxygen atoms in total. The summed E-state index contributed by atoms with van der Waals surface area (Å²) in [6.07, 6.45) is 1.46. The molecule has 7 heteroatoms. The number of hydrogen-bond donors (Lipinski definition) is 1. The quantitative estimate of drug-likeness (QED) is 0.406. The van der Waals surface area contributed by atoms with E-state index in [2.05, 4.69) is 5.32 Å². The number of rotatable bonds is 11. The third kappa shape index (κ3) is 6.60. The first-order valence-corrected chi connectivity index (χ1v) is 12.9. The van der Waals surface area contributed by atoms with Gasteiger partial charge in [-0.1, -0.05) is 42.5 Å². The highest BCUT2D eigenvalue weighted by atomic mass is 32.2. The molecular formula is C27H32N2O4S. The number of nitrogens with one attached hydrogen (secondary N) is 1. The summed E-state index contributed by atoms with van der Waals surface area (Å²) in [4.78, 5) is 13.0. The van der Waals surface area contributed by atoms with Crippen molar-refractivity contribution < 1.29 is 17.9 Å². The van der Waals surface area contributed by atoms with Gasteiger partial charge < -0.3 is 10.1 Å². The van der Waals surface area contributed by atoms with E-state index in [1.807, 2.05) is 51.1 Å². The predicted octanol–water partition coefficient (Wildman–Crippen LogP) is 4.65. The number of hydrogen-bond acceptors (Lipinski definition) is 4. The lowest BCUT2D eigenvalue weighted by Crippen LogP contribution is -2.41. The SMILES string of the molecule is CCOc1ccccc1CCCNC(=O)CN(c1cc(C)cc(C)c1)S(=O)(=O)c1ccccc1. The summed E-state index contributed by atoms with van der Waals surface area (Å²) < 4.78 is 33.7. The number of para-hydroxylation sites is 1. The molecule has 3 rings (SSSR count). The molecule has 0 aliphatic heterocycles. The first-order chi connectivity index (χ1) is 16.3. The van der Waals surface area contributed by atoms with E-state index < -0.39 is 10.0 Å². The number of amides is 1. The first kappa shape index (κ1) is 25.3. The summed E-state index contributed by atoms with van der Waals surface area (Å²) in [7, 11) is -3.91. The molecule has 0 fully saturated rings. The van der Waals surface area contributed by atoms with Gasteiger partial charge in [-0.25, -0.2) is 8.42 Å². The lowest BCUT2D eigenvalue weighted by molar-refractivity contribution is -0.119. The summed E-state index contributed by atoms with van der Waals surface area (Å²) in [5.41, 5.74) is 3.41. The Morgan fingerprint density at radius 1 is 0.941 bits per heavy atom. The van der Waals surface area contributed by atoms with Crippen LogP contribution in [0.5, 0.6) is 5.75 Å². The molecule has 1 amide bonds. The summed E-state index contributed by atoms with van der Waals surface area (Å²) >= 11 is 0. The third-order valence-corrected chi connectivity index (χ3v) is 7.12. The van der Waals surface area contributed by atoms with Crippen molar-refractivity contribution in [1.29, 1.82) is 0 Å². The number of carbonyl (C=O) groups excluding carboxylic acids is 1. The molecule has 0 aliphatic rings. The van der Waals surface area contributed by atoms with E-state index >= 15 is 0 Å². The van der Waals surface area contributed by atoms with E-state index in [1.165, 1.54) is 4.31 Å². The van der Waals surface area contributed by atoms with E-state index in [9.17, 15) is 13.2 Å². The second kappa shape index (κ2) is 11.7. The van der Waals surface area contributed by atoms with Gasteiger partial charge in [0.15, 0.2) is 0 Å². The second-order valence-corrected chi connectivity index (χ2v) is 10.0. The highest BCUT2D eigenvalue weighted by Gasteiger charge is 2.27. The van der Waals surface area contributed by atoms with E-state index in [-0.39, 0.29) is 17.3 Å². The smallest absolute Gasteiger partial charge is 0.264 e. The van der Waals surface area contributed by atoms with Crippen molar-refractivity contribution in [2.24, 2.45) is 0 Å². The average Bonchev–Trinajstić information content (AvgIpc) is 2.81. The maximum absolute atomic E-state index is 13.4. The molecule has 0 unspecified atom stereocenters. The van der Waals surface area contributed by atoms with E-state index in [4.69, 9.17) is 4.74 Å². The molecule has 0 saturated carbocycles. The maximum atomic E-state index is 13.4. The van der Waals surface area contributed by atoms with Crippen molar-refractivity contribution in [1.82, 2.24) is 5.32 Å². The monoisotopic (exact) mass is 480 g/mol. The Kier molecular flexibility index (Phi) is 8.71.